The van der Waals surface area contributed by atoms with Crippen molar-refractivity contribution in [3.8, 4) is 0 Å². The molecule has 0 aromatic heterocycles. The Labute approximate surface area is 139 Å². The first-order chi connectivity index (χ1) is 10.7. The largest absolute Gasteiger partial charge is 0.450 e. The molecule has 0 spiro atoms. The summed E-state index contributed by atoms with van der Waals surface area (Å²) < 4.78 is 5.13. The molecule has 0 saturated heterocycles. The maximum atomic E-state index is 11.7. The average molecular weight is 328 g/mol. The third-order valence-electron chi connectivity index (χ3n) is 4.34. The summed E-state index contributed by atoms with van der Waals surface area (Å²) in [4.78, 5) is 23.2. The highest BCUT2D eigenvalue weighted by Crippen LogP contribution is 2.45. The van der Waals surface area contributed by atoms with E-state index in [1.807, 2.05) is 6.92 Å². The van der Waals surface area contributed by atoms with Gasteiger partial charge in [-0.25, -0.2) is 4.79 Å². The van der Waals surface area contributed by atoms with Crippen LogP contribution in [-0.2, 0) is 9.53 Å². The Balaban J connectivity index is 2.56. The first kappa shape index (κ1) is 19.7. The summed E-state index contributed by atoms with van der Waals surface area (Å²) in [6.45, 7) is 8.98. The van der Waals surface area contributed by atoms with Gasteiger partial charge in [-0.1, -0.05) is 34.1 Å². The average Bonchev–Trinajstić information content (AvgIpc) is 2.43. The highest BCUT2D eigenvalue weighted by Gasteiger charge is 2.41. The van der Waals surface area contributed by atoms with E-state index < -0.39 is 6.61 Å². The zero-order valence-corrected chi connectivity index (χ0v) is 14.9. The van der Waals surface area contributed by atoms with Gasteiger partial charge in [-0.3, -0.25) is 4.79 Å². The number of amides is 2. The van der Waals surface area contributed by atoms with Crippen molar-refractivity contribution < 1.29 is 19.4 Å². The Morgan fingerprint density at radius 3 is 2.57 bits per heavy atom. The van der Waals surface area contributed by atoms with Crippen molar-refractivity contribution in [3.63, 3.8) is 0 Å². The summed E-state index contributed by atoms with van der Waals surface area (Å²) >= 11 is 0. The van der Waals surface area contributed by atoms with E-state index in [-0.39, 0.29) is 28.9 Å². The Morgan fingerprint density at radius 1 is 1.26 bits per heavy atom. The van der Waals surface area contributed by atoms with Crippen LogP contribution in [0.4, 0.5) is 4.79 Å². The highest BCUT2D eigenvalue weighted by molar-refractivity contribution is 5.77. The number of carbonyl (C=O) groups is 2. The number of aliphatic hydroxyl groups excluding tert-OH is 1. The summed E-state index contributed by atoms with van der Waals surface area (Å²) in [5.41, 5.74) is -0.0485. The first-order valence-corrected chi connectivity index (χ1v) is 8.50. The lowest BCUT2D eigenvalue weighted by molar-refractivity contribution is -0.125. The number of rotatable bonds is 7. The predicted octanol–water partition coefficient (Wildman–Crippen LogP) is 2.21. The Kier molecular flexibility index (Phi) is 7.32. The Morgan fingerprint density at radius 2 is 1.96 bits per heavy atom. The molecule has 6 heteroatoms. The van der Waals surface area contributed by atoms with Crippen molar-refractivity contribution >= 4 is 12.0 Å². The molecule has 0 aromatic carbocycles. The molecule has 0 heterocycles. The lowest BCUT2D eigenvalue weighted by Crippen LogP contribution is -2.50. The quantitative estimate of drug-likeness (QED) is 0.625. The van der Waals surface area contributed by atoms with E-state index in [4.69, 9.17) is 9.84 Å². The molecule has 0 aliphatic heterocycles. The smallest absolute Gasteiger partial charge is 0.407 e. The minimum absolute atomic E-state index is 0.0151. The van der Waals surface area contributed by atoms with Crippen LogP contribution in [0.25, 0.3) is 0 Å². The molecule has 1 rings (SSSR count). The van der Waals surface area contributed by atoms with Crippen LogP contribution >= 0.6 is 0 Å². The number of alkyl carbamates (subject to hydrolysis) is 1. The molecule has 6 nitrogen and oxygen atoms in total. The molecule has 1 aliphatic carbocycles. The molecule has 1 fully saturated rings. The third kappa shape index (κ3) is 7.20. The molecule has 0 radical (unpaired) electrons. The lowest BCUT2D eigenvalue weighted by atomic mass is 9.62. The molecule has 1 aliphatic rings. The van der Waals surface area contributed by atoms with Gasteiger partial charge in [-0.15, -0.1) is 0 Å². The second kappa shape index (κ2) is 8.52. The highest BCUT2D eigenvalue weighted by atomic mass is 16.5. The van der Waals surface area contributed by atoms with Crippen LogP contribution in [0, 0.1) is 10.8 Å². The lowest BCUT2D eigenvalue weighted by Gasteiger charge is -2.46. The molecule has 23 heavy (non-hydrogen) atoms. The van der Waals surface area contributed by atoms with Gasteiger partial charge in [0.25, 0.3) is 0 Å². The SMILES string of the molecule is CCCCOC(=O)NCC1(C)CC(NC(=O)CO)CC(C)(C)C1. The molecule has 2 unspecified atom stereocenters. The normalized spacial score (nSPS) is 26.4. The van der Waals surface area contributed by atoms with Crippen molar-refractivity contribution in [3.05, 3.63) is 0 Å². The second-order valence-electron chi connectivity index (χ2n) is 7.83. The third-order valence-corrected chi connectivity index (χ3v) is 4.34. The van der Waals surface area contributed by atoms with Gasteiger partial charge >= 0.3 is 6.09 Å². The van der Waals surface area contributed by atoms with Crippen molar-refractivity contribution in [2.45, 2.75) is 65.8 Å². The van der Waals surface area contributed by atoms with E-state index >= 15 is 0 Å². The molecule has 1 saturated carbocycles. The monoisotopic (exact) mass is 328 g/mol. The maximum absolute atomic E-state index is 11.7. The van der Waals surface area contributed by atoms with Crippen molar-refractivity contribution in [2.75, 3.05) is 19.8 Å². The van der Waals surface area contributed by atoms with Gasteiger partial charge in [0.1, 0.15) is 6.61 Å². The van der Waals surface area contributed by atoms with E-state index in [0.717, 1.165) is 32.1 Å². The van der Waals surface area contributed by atoms with Gasteiger partial charge in [0, 0.05) is 12.6 Å². The molecule has 3 N–H and O–H groups in total. The van der Waals surface area contributed by atoms with E-state index in [1.165, 1.54) is 0 Å². The van der Waals surface area contributed by atoms with E-state index in [1.54, 1.807) is 0 Å². The topological polar surface area (TPSA) is 87.7 Å². The standard InChI is InChI=1S/C17H32N2O4/c1-5-6-7-23-15(22)18-12-17(4)9-13(19-14(21)10-20)8-16(2,3)11-17/h13,20H,5-12H2,1-4H3,(H,18,22)(H,19,21). The van der Waals surface area contributed by atoms with Crippen LogP contribution in [0.1, 0.15) is 59.8 Å². The molecule has 134 valence electrons. The van der Waals surface area contributed by atoms with Crippen molar-refractivity contribution in [1.29, 1.82) is 0 Å². The molecular formula is C17H32N2O4. The van der Waals surface area contributed by atoms with E-state index in [2.05, 4.69) is 31.4 Å². The predicted molar refractivity (Wildman–Crippen MR) is 89.0 cm³/mol. The number of aliphatic hydroxyl groups is 1. The van der Waals surface area contributed by atoms with Crippen molar-refractivity contribution in [2.24, 2.45) is 10.8 Å². The van der Waals surface area contributed by atoms with Crippen LogP contribution in [0.3, 0.4) is 0 Å². The zero-order valence-electron chi connectivity index (χ0n) is 14.9. The van der Waals surface area contributed by atoms with Crippen LogP contribution in [0.2, 0.25) is 0 Å². The van der Waals surface area contributed by atoms with Crippen LogP contribution in [-0.4, -0.2) is 42.9 Å². The Hall–Kier alpha value is -1.30. The first-order valence-electron chi connectivity index (χ1n) is 8.50. The second-order valence-corrected chi connectivity index (χ2v) is 7.83. The number of unbranched alkanes of at least 4 members (excludes halogenated alkanes) is 1. The fraction of sp³-hybridized carbons (Fsp3) is 0.882. The van der Waals surface area contributed by atoms with Crippen LogP contribution < -0.4 is 10.6 Å². The van der Waals surface area contributed by atoms with Gasteiger partial charge in [-0.05, 0) is 36.5 Å². The number of hydrogen-bond donors (Lipinski definition) is 3. The van der Waals surface area contributed by atoms with Gasteiger partial charge in [0.05, 0.1) is 6.61 Å². The Bertz CT molecular complexity index is 411. The van der Waals surface area contributed by atoms with Crippen LogP contribution in [0.5, 0.6) is 0 Å². The van der Waals surface area contributed by atoms with E-state index in [0.29, 0.717) is 13.2 Å². The summed E-state index contributed by atoms with van der Waals surface area (Å²) in [7, 11) is 0. The minimum Gasteiger partial charge on any atom is -0.450 e. The number of hydrogen-bond acceptors (Lipinski definition) is 4. The van der Waals surface area contributed by atoms with Gasteiger partial charge in [0.15, 0.2) is 0 Å². The van der Waals surface area contributed by atoms with Crippen LogP contribution in [0.15, 0.2) is 0 Å². The van der Waals surface area contributed by atoms with Crippen molar-refractivity contribution in [1.82, 2.24) is 10.6 Å². The van der Waals surface area contributed by atoms with Gasteiger partial charge in [-0.2, -0.15) is 0 Å². The number of ether oxygens (including phenoxy) is 1. The summed E-state index contributed by atoms with van der Waals surface area (Å²) in [5, 5.41) is 14.6. The number of nitrogens with one attached hydrogen (secondary N) is 2. The molecule has 2 atom stereocenters. The minimum atomic E-state index is -0.490. The number of carbonyl (C=O) groups excluding carboxylic acids is 2. The van der Waals surface area contributed by atoms with Gasteiger partial charge < -0.3 is 20.5 Å². The summed E-state index contributed by atoms with van der Waals surface area (Å²) in [5.74, 6) is -0.345. The fourth-order valence-electron chi connectivity index (χ4n) is 3.79. The fourth-order valence-corrected chi connectivity index (χ4v) is 3.79. The maximum Gasteiger partial charge on any atom is 0.407 e. The molecular weight excluding hydrogens is 296 g/mol. The molecule has 2 amide bonds. The zero-order chi connectivity index (χ0) is 17.5. The summed E-state index contributed by atoms with van der Waals surface area (Å²) in [6, 6.07) is 0.0151. The van der Waals surface area contributed by atoms with E-state index in [9.17, 15) is 9.59 Å². The molecule has 0 bridgehead atoms. The van der Waals surface area contributed by atoms with Gasteiger partial charge in [0.2, 0.25) is 5.91 Å². The molecule has 0 aromatic rings. The summed E-state index contributed by atoms with van der Waals surface area (Å²) in [6.07, 6.45) is 4.09.